The third-order valence-corrected chi connectivity index (χ3v) is 6.74. The number of fused-ring (bicyclic) bond motifs is 2. The van der Waals surface area contributed by atoms with Crippen LogP contribution in [0.1, 0.15) is 35.4 Å². The summed E-state index contributed by atoms with van der Waals surface area (Å²) in [5, 5.41) is 4.66. The predicted molar refractivity (Wildman–Crippen MR) is 116 cm³/mol. The molecule has 2 aliphatic heterocycles. The number of nitrogens with zero attached hydrogens (tertiary/aromatic N) is 7. The molecular formula is C22H31N7O. The zero-order chi connectivity index (χ0) is 20.5. The molecule has 0 radical (unpaired) electrons. The van der Waals surface area contributed by atoms with Crippen molar-refractivity contribution in [3.05, 3.63) is 45.3 Å². The molecule has 2 aromatic heterocycles. The Labute approximate surface area is 177 Å². The van der Waals surface area contributed by atoms with Crippen LogP contribution >= 0.6 is 0 Å². The van der Waals surface area contributed by atoms with Crippen LogP contribution in [0.5, 0.6) is 0 Å². The summed E-state index contributed by atoms with van der Waals surface area (Å²) in [6, 6.07) is 1.81. The van der Waals surface area contributed by atoms with Gasteiger partial charge in [0.15, 0.2) is 0 Å². The molecule has 0 bridgehead atoms. The summed E-state index contributed by atoms with van der Waals surface area (Å²) in [4.78, 5) is 28.7. The molecule has 0 spiro atoms. The maximum atomic E-state index is 12.4. The molecule has 0 atom stereocenters. The lowest BCUT2D eigenvalue weighted by Crippen LogP contribution is -2.48. The molecule has 0 aromatic carbocycles. The molecule has 4 heterocycles. The molecule has 0 N–H and O–H groups in total. The van der Waals surface area contributed by atoms with Gasteiger partial charge in [0.1, 0.15) is 12.1 Å². The maximum absolute atomic E-state index is 12.4. The Hall–Kier alpha value is -2.32. The second-order valence-corrected chi connectivity index (χ2v) is 8.82. The lowest BCUT2D eigenvalue weighted by molar-refractivity contribution is 0.241. The topological polar surface area (TPSA) is 70.4 Å². The van der Waals surface area contributed by atoms with Crippen LogP contribution < -0.4 is 10.5 Å². The summed E-state index contributed by atoms with van der Waals surface area (Å²) in [5.74, 6) is 1.11. The Morgan fingerprint density at radius 3 is 2.63 bits per heavy atom. The van der Waals surface area contributed by atoms with Gasteiger partial charge in [0.05, 0.1) is 17.9 Å². The highest BCUT2D eigenvalue weighted by Gasteiger charge is 2.25. The zero-order valence-electron chi connectivity index (χ0n) is 17.9. The van der Waals surface area contributed by atoms with Crippen LogP contribution in [0, 0.1) is 0 Å². The summed E-state index contributed by atoms with van der Waals surface area (Å²) >= 11 is 0. The molecule has 2 aromatic rings. The summed E-state index contributed by atoms with van der Waals surface area (Å²) in [5.41, 5.74) is 4.84. The summed E-state index contributed by atoms with van der Waals surface area (Å²) in [6.45, 7) is 7.40. The number of aryl methyl sites for hydroxylation is 2. The molecule has 3 aliphatic rings. The number of rotatable bonds is 4. The van der Waals surface area contributed by atoms with E-state index in [9.17, 15) is 4.79 Å². The monoisotopic (exact) mass is 409 g/mol. The number of hydrogen-bond acceptors (Lipinski definition) is 7. The first-order valence-electron chi connectivity index (χ1n) is 11.3. The molecule has 0 amide bonds. The van der Waals surface area contributed by atoms with E-state index in [1.54, 1.807) is 11.0 Å². The van der Waals surface area contributed by atoms with Gasteiger partial charge in [-0.1, -0.05) is 0 Å². The highest BCUT2D eigenvalue weighted by Crippen LogP contribution is 2.26. The lowest BCUT2D eigenvalue weighted by atomic mass is 9.97. The Bertz CT molecular complexity index is 964. The van der Waals surface area contributed by atoms with Crippen LogP contribution in [0.2, 0.25) is 0 Å². The quantitative estimate of drug-likeness (QED) is 0.737. The largest absolute Gasteiger partial charge is 0.354 e. The fourth-order valence-electron chi connectivity index (χ4n) is 4.91. The number of aromatic nitrogens is 4. The van der Waals surface area contributed by atoms with Gasteiger partial charge in [0.2, 0.25) is 0 Å². The molecule has 8 heteroatoms. The van der Waals surface area contributed by atoms with E-state index in [2.05, 4.69) is 36.8 Å². The third-order valence-electron chi connectivity index (χ3n) is 6.74. The van der Waals surface area contributed by atoms with E-state index in [-0.39, 0.29) is 5.56 Å². The lowest BCUT2D eigenvalue weighted by Gasteiger charge is -2.37. The Kier molecular flexibility index (Phi) is 5.52. The van der Waals surface area contributed by atoms with E-state index < -0.39 is 0 Å². The average Bonchev–Trinajstić information content (AvgIpc) is 2.77. The van der Waals surface area contributed by atoms with Crippen LogP contribution in [0.25, 0.3) is 0 Å². The first-order valence-corrected chi connectivity index (χ1v) is 11.3. The van der Waals surface area contributed by atoms with Crippen molar-refractivity contribution in [1.29, 1.82) is 0 Å². The molecule has 1 aliphatic carbocycles. The molecule has 0 unspecified atom stereocenters. The Morgan fingerprint density at radius 2 is 1.77 bits per heavy atom. The second kappa shape index (κ2) is 8.43. The van der Waals surface area contributed by atoms with Crippen molar-refractivity contribution in [3.8, 4) is 0 Å². The second-order valence-electron chi connectivity index (χ2n) is 8.82. The van der Waals surface area contributed by atoms with Gasteiger partial charge >= 0.3 is 0 Å². The maximum Gasteiger partial charge on any atom is 0.267 e. The molecule has 160 valence electrons. The minimum atomic E-state index is 0.0472. The summed E-state index contributed by atoms with van der Waals surface area (Å²) in [6.07, 6.45) is 7.09. The molecular weight excluding hydrogens is 378 g/mol. The minimum absolute atomic E-state index is 0.0472. The van der Waals surface area contributed by atoms with Crippen molar-refractivity contribution < 1.29 is 0 Å². The average molecular weight is 410 g/mol. The van der Waals surface area contributed by atoms with Crippen LogP contribution in [0.4, 0.5) is 5.82 Å². The first kappa shape index (κ1) is 19.6. The zero-order valence-corrected chi connectivity index (χ0v) is 17.9. The SMILES string of the molecule is CN1CCc2ncnc(N3CCN(CCn4nc5c(cc4=O)CCCC5)CC3)c2C1. The van der Waals surface area contributed by atoms with Gasteiger partial charge in [-0.3, -0.25) is 9.69 Å². The molecule has 1 saturated heterocycles. The van der Waals surface area contributed by atoms with Crippen molar-refractivity contribution in [3.63, 3.8) is 0 Å². The van der Waals surface area contributed by atoms with E-state index in [4.69, 9.17) is 0 Å². The molecule has 30 heavy (non-hydrogen) atoms. The Balaban J connectivity index is 1.20. The van der Waals surface area contributed by atoms with Crippen LogP contribution in [-0.2, 0) is 32.4 Å². The normalized spacial score (nSPS) is 20.1. The van der Waals surface area contributed by atoms with Crippen molar-refractivity contribution in [2.75, 3.05) is 51.2 Å². The molecule has 5 rings (SSSR count). The minimum Gasteiger partial charge on any atom is -0.354 e. The van der Waals surface area contributed by atoms with E-state index in [1.807, 2.05) is 6.07 Å². The van der Waals surface area contributed by atoms with E-state index >= 15 is 0 Å². The van der Waals surface area contributed by atoms with Gasteiger partial charge < -0.3 is 9.80 Å². The fourth-order valence-corrected chi connectivity index (χ4v) is 4.91. The fraction of sp³-hybridized carbons (Fsp3) is 0.636. The molecule has 0 saturated carbocycles. The standard InChI is InChI=1S/C22H31N7O/c1-26-7-6-20-18(15-26)22(24-16-23-20)28-11-8-27(9-12-28)10-13-29-21(30)14-17-4-2-3-5-19(17)25-29/h14,16H,2-13,15H2,1H3. The first-order chi connectivity index (χ1) is 14.7. The summed E-state index contributed by atoms with van der Waals surface area (Å²) < 4.78 is 1.67. The van der Waals surface area contributed by atoms with Crippen LogP contribution in [0.15, 0.2) is 17.2 Å². The number of likely N-dealkylation sites (N-methyl/N-ethyl adjacent to an activating group) is 1. The van der Waals surface area contributed by atoms with Gasteiger partial charge in [-0.25, -0.2) is 14.6 Å². The van der Waals surface area contributed by atoms with Crippen molar-refractivity contribution >= 4 is 5.82 Å². The van der Waals surface area contributed by atoms with Gasteiger partial charge in [0.25, 0.3) is 5.56 Å². The molecule has 8 nitrogen and oxygen atoms in total. The number of anilines is 1. The van der Waals surface area contributed by atoms with Crippen LogP contribution in [0.3, 0.4) is 0 Å². The van der Waals surface area contributed by atoms with E-state index in [0.29, 0.717) is 6.54 Å². The highest BCUT2D eigenvalue weighted by molar-refractivity contribution is 5.49. The Morgan fingerprint density at radius 1 is 0.933 bits per heavy atom. The van der Waals surface area contributed by atoms with Crippen molar-refractivity contribution in [1.82, 2.24) is 29.5 Å². The van der Waals surface area contributed by atoms with Gasteiger partial charge in [-0.05, 0) is 38.3 Å². The smallest absolute Gasteiger partial charge is 0.267 e. The number of piperazine rings is 1. The highest BCUT2D eigenvalue weighted by atomic mass is 16.1. The van der Waals surface area contributed by atoms with E-state index in [1.165, 1.54) is 24.1 Å². The van der Waals surface area contributed by atoms with E-state index in [0.717, 1.165) is 82.2 Å². The van der Waals surface area contributed by atoms with Crippen molar-refractivity contribution in [2.45, 2.75) is 45.2 Å². The predicted octanol–water partition coefficient (Wildman–Crippen LogP) is 0.722. The van der Waals surface area contributed by atoms with Gasteiger partial charge in [-0.2, -0.15) is 5.10 Å². The van der Waals surface area contributed by atoms with Gasteiger partial charge in [-0.15, -0.1) is 0 Å². The number of hydrogen-bond donors (Lipinski definition) is 0. The van der Waals surface area contributed by atoms with Crippen LogP contribution in [-0.4, -0.2) is 75.9 Å². The third kappa shape index (κ3) is 3.98. The van der Waals surface area contributed by atoms with Gasteiger partial charge in [0, 0.05) is 63.9 Å². The summed E-state index contributed by atoms with van der Waals surface area (Å²) in [7, 11) is 2.16. The molecule has 1 fully saturated rings. The van der Waals surface area contributed by atoms with Crippen molar-refractivity contribution in [2.24, 2.45) is 0 Å².